The molecule has 1 saturated heterocycles. The van der Waals surface area contributed by atoms with Crippen LogP contribution in [0.1, 0.15) is 74.1 Å². The van der Waals surface area contributed by atoms with Gasteiger partial charge >= 0.3 is 0 Å². The topological polar surface area (TPSA) is 21.7 Å². The first-order chi connectivity index (χ1) is 11.2. The number of likely N-dealkylation sites (tertiary alicyclic amines) is 1. The predicted molar refractivity (Wildman–Crippen MR) is 101 cm³/mol. The smallest absolute Gasteiger partial charge is 0.0602 e. The molecule has 1 saturated carbocycles. The fourth-order valence-corrected chi connectivity index (χ4v) is 4.40. The van der Waals surface area contributed by atoms with Gasteiger partial charge in [0.1, 0.15) is 0 Å². The van der Waals surface area contributed by atoms with Crippen LogP contribution in [-0.2, 0) is 9.47 Å². The van der Waals surface area contributed by atoms with Gasteiger partial charge in [0.25, 0.3) is 0 Å². The Balaban J connectivity index is 1.69. The van der Waals surface area contributed by atoms with Crippen LogP contribution in [0, 0.1) is 17.8 Å². The first-order valence-corrected chi connectivity index (χ1v) is 10.2. The van der Waals surface area contributed by atoms with Gasteiger partial charge in [-0.15, -0.1) is 0 Å². The van der Waals surface area contributed by atoms with E-state index in [2.05, 4.69) is 53.4 Å². The number of piperidine rings is 1. The van der Waals surface area contributed by atoms with Gasteiger partial charge in [0.2, 0.25) is 0 Å². The summed E-state index contributed by atoms with van der Waals surface area (Å²) in [5.41, 5.74) is 0.00778. The lowest BCUT2D eigenvalue weighted by Gasteiger charge is -2.47. The summed E-state index contributed by atoms with van der Waals surface area (Å²) in [6.07, 6.45) is 5.92. The zero-order valence-electron chi connectivity index (χ0n) is 17.2. The van der Waals surface area contributed by atoms with E-state index in [4.69, 9.17) is 9.47 Å². The van der Waals surface area contributed by atoms with Gasteiger partial charge in [0.05, 0.1) is 17.8 Å². The molecule has 0 aromatic rings. The largest absolute Gasteiger partial charge is 0.379 e. The average Bonchev–Trinajstić information content (AvgIpc) is 2.42. The number of ether oxygens (including phenoxy) is 2. The van der Waals surface area contributed by atoms with Crippen LogP contribution in [0.5, 0.6) is 0 Å². The Labute approximate surface area is 150 Å². The van der Waals surface area contributed by atoms with Gasteiger partial charge in [-0.05, 0) is 91.5 Å². The van der Waals surface area contributed by atoms with Gasteiger partial charge < -0.3 is 14.4 Å². The van der Waals surface area contributed by atoms with E-state index in [1.807, 2.05) is 0 Å². The molecule has 24 heavy (non-hydrogen) atoms. The van der Waals surface area contributed by atoms with Crippen LogP contribution in [-0.4, -0.2) is 48.4 Å². The zero-order chi connectivity index (χ0) is 17.9. The number of rotatable bonds is 7. The van der Waals surface area contributed by atoms with Crippen LogP contribution in [0.25, 0.3) is 0 Å². The average molecular weight is 340 g/mol. The molecule has 0 N–H and O–H groups in total. The standard InChI is InChI=1S/C21H41NO2/c1-15(2)23-11-9-19-8-10-22(17(4)16(19)3)14-18-12-20(13-18)24-21(5,6)7/h15-20H,8-14H2,1-7H3. The molecular formula is C21H41NO2. The molecule has 3 heteroatoms. The second kappa shape index (κ2) is 8.51. The molecule has 2 rings (SSSR count). The summed E-state index contributed by atoms with van der Waals surface area (Å²) >= 11 is 0. The van der Waals surface area contributed by atoms with E-state index in [-0.39, 0.29) is 5.60 Å². The van der Waals surface area contributed by atoms with Crippen LogP contribution in [0.15, 0.2) is 0 Å². The lowest BCUT2D eigenvalue weighted by molar-refractivity contribution is -0.118. The molecule has 0 radical (unpaired) electrons. The molecule has 3 atom stereocenters. The monoisotopic (exact) mass is 339 g/mol. The lowest BCUT2D eigenvalue weighted by Crippen LogP contribution is -2.51. The van der Waals surface area contributed by atoms with Crippen molar-refractivity contribution in [2.75, 3.05) is 19.7 Å². The van der Waals surface area contributed by atoms with Gasteiger partial charge in [-0.3, -0.25) is 0 Å². The lowest BCUT2D eigenvalue weighted by atomic mass is 9.77. The summed E-state index contributed by atoms with van der Waals surface area (Å²) < 4.78 is 11.9. The van der Waals surface area contributed by atoms with Gasteiger partial charge in [-0.25, -0.2) is 0 Å². The van der Waals surface area contributed by atoms with Crippen LogP contribution in [0.2, 0.25) is 0 Å². The van der Waals surface area contributed by atoms with Crippen molar-refractivity contribution in [2.45, 2.75) is 98.0 Å². The van der Waals surface area contributed by atoms with Crippen molar-refractivity contribution in [3.63, 3.8) is 0 Å². The van der Waals surface area contributed by atoms with Crippen molar-refractivity contribution in [2.24, 2.45) is 17.8 Å². The maximum atomic E-state index is 6.09. The van der Waals surface area contributed by atoms with E-state index in [9.17, 15) is 0 Å². The zero-order valence-corrected chi connectivity index (χ0v) is 17.2. The highest BCUT2D eigenvalue weighted by molar-refractivity contribution is 4.90. The van der Waals surface area contributed by atoms with Gasteiger partial charge in [-0.1, -0.05) is 6.92 Å². The highest BCUT2D eigenvalue weighted by atomic mass is 16.5. The van der Waals surface area contributed by atoms with E-state index in [1.165, 1.54) is 38.8 Å². The summed E-state index contributed by atoms with van der Waals surface area (Å²) in [6.45, 7) is 19.1. The Morgan fingerprint density at radius 2 is 1.79 bits per heavy atom. The SMILES string of the molecule is CC(C)OCCC1CCN(CC2CC(OC(C)(C)C)C2)C(C)C1C. The Morgan fingerprint density at radius 3 is 2.38 bits per heavy atom. The van der Waals surface area contributed by atoms with Gasteiger partial charge in [0.15, 0.2) is 0 Å². The third kappa shape index (κ3) is 6.00. The molecule has 1 heterocycles. The van der Waals surface area contributed by atoms with Crippen LogP contribution in [0.3, 0.4) is 0 Å². The first-order valence-electron chi connectivity index (χ1n) is 10.2. The maximum absolute atomic E-state index is 6.09. The highest BCUT2D eigenvalue weighted by Crippen LogP contribution is 2.37. The third-order valence-electron chi connectivity index (χ3n) is 6.01. The van der Waals surface area contributed by atoms with Crippen molar-refractivity contribution in [3.05, 3.63) is 0 Å². The Morgan fingerprint density at radius 1 is 1.12 bits per heavy atom. The molecule has 0 bridgehead atoms. The summed E-state index contributed by atoms with van der Waals surface area (Å²) in [7, 11) is 0. The van der Waals surface area contributed by atoms with Crippen molar-refractivity contribution in [1.29, 1.82) is 0 Å². The summed E-state index contributed by atoms with van der Waals surface area (Å²) in [5, 5.41) is 0. The van der Waals surface area contributed by atoms with Gasteiger partial charge in [0, 0.05) is 19.2 Å². The number of hydrogen-bond acceptors (Lipinski definition) is 3. The second-order valence-corrected chi connectivity index (χ2v) is 9.54. The molecule has 1 aliphatic heterocycles. The predicted octanol–water partition coefficient (Wildman–Crippen LogP) is 4.74. The van der Waals surface area contributed by atoms with Crippen molar-refractivity contribution >= 4 is 0 Å². The third-order valence-corrected chi connectivity index (χ3v) is 6.01. The quantitative estimate of drug-likeness (QED) is 0.668. The molecule has 0 spiro atoms. The van der Waals surface area contributed by atoms with Crippen molar-refractivity contribution < 1.29 is 9.47 Å². The summed E-state index contributed by atoms with van der Waals surface area (Å²) in [4.78, 5) is 2.74. The Bertz CT molecular complexity index is 371. The van der Waals surface area contributed by atoms with E-state index in [0.717, 1.165) is 24.4 Å². The second-order valence-electron chi connectivity index (χ2n) is 9.54. The summed E-state index contributed by atoms with van der Waals surface area (Å²) in [6, 6.07) is 0.699. The van der Waals surface area contributed by atoms with Crippen molar-refractivity contribution in [3.8, 4) is 0 Å². The molecule has 3 nitrogen and oxygen atoms in total. The number of hydrogen-bond donors (Lipinski definition) is 0. The fraction of sp³-hybridized carbons (Fsp3) is 1.00. The molecule has 2 fully saturated rings. The molecular weight excluding hydrogens is 298 g/mol. The molecule has 0 amide bonds. The van der Waals surface area contributed by atoms with Crippen LogP contribution in [0.4, 0.5) is 0 Å². The normalized spacial score (nSPS) is 35.2. The Hall–Kier alpha value is -0.120. The maximum Gasteiger partial charge on any atom is 0.0602 e. The first kappa shape index (κ1) is 20.2. The molecule has 3 unspecified atom stereocenters. The molecule has 2 aliphatic rings. The minimum atomic E-state index is 0.00778. The molecule has 0 aromatic heterocycles. The van der Waals surface area contributed by atoms with E-state index < -0.39 is 0 Å². The molecule has 1 aliphatic carbocycles. The minimum absolute atomic E-state index is 0.00778. The van der Waals surface area contributed by atoms with Crippen LogP contribution < -0.4 is 0 Å². The van der Waals surface area contributed by atoms with E-state index in [1.54, 1.807) is 0 Å². The van der Waals surface area contributed by atoms with E-state index in [0.29, 0.717) is 18.2 Å². The highest BCUT2D eigenvalue weighted by Gasteiger charge is 2.37. The van der Waals surface area contributed by atoms with Crippen molar-refractivity contribution in [1.82, 2.24) is 4.90 Å². The fourth-order valence-electron chi connectivity index (χ4n) is 4.40. The van der Waals surface area contributed by atoms with Crippen LogP contribution >= 0.6 is 0 Å². The summed E-state index contributed by atoms with van der Waals surface area (Å²) in [5.74, 6) is 2.44. The molecule has 0 aromatic carbocycles. The Kier molecular flexibility index (Phi) is 7.16. The minimum Gasteiger partial charge on any atom is -0.379 e. The number of nitrogens with zero attached hydrogens (tertiary/aromatic N) is 1. The van der Waals surface area contributed by atoms with E-state index >= 15 is 0 Å². The van der Waals surface area contributed by atoms with Gasteiger partial charge in [-0.2, -0.15) is 0 Å². The molecule has 142 valence electrons.